The number of carbonyl (C=O) groups is 2. The van der Waals surface area contributed by atoms with E-state index in [1.165, 1.54) is 0 Å². The van der Waals surface area contributed by atoms with Crippen LogP contribution in [0.2, 0.25) is 0 Å². The van der Waals surface area contributed by atoms with Gasteiger partial charge in [-0.25, -0.2) is 4.98 Å². The molecule has 0 aliphatic carbocycles. The van der Waals surface area contributed by atoms with Crippen LogP contribution < -0.4 is 15.4 Å². The average Bonchev–Trinajstić information content (AvgIpc) is 3.40. The van der Waals surface area contributed by atoms with E-state index in [1.54, 1.807) is 60.2 Å². The second kappa shape index (κ2) is 8.32. The lowest BCUT2D eigenvalue weighted by Gasteiger charge is -2.09. The summed E-state index contributed by atoms with van der Waals surface area (Å²) < 4.78 is 12.3. The zero-order valence-electron chi connectivity index (χ0n) is 16.1. The Labute approximate surface area is 167 Å². The van der Waals surface area contributed by atoms with Crippen molar-refractivity contribution in [3.63, 3.8) is 0 Å². The van der Waals surface area contributed by atoms with Crippen molar-refractivity contribution in [2.45, 2.75) is 18.9 Å². The van der Waals surface area contributed by atoms with Gasteiger partial charge in [-0.3, -0.25) is 14.0 Å². The highest BCUT2D eigenvalue weighted by atomic mass is 16.5. The van der Waals surface area contributed by atoms with Crippen LogP contribution in [0.25, 0.3) is 5.52 Å². The second-order valence-electron chi connectivity index (χ2n) is 6.77. The molecule has 2 N–H and O–H groups in total. The third-order valence-electron chi connectivity index (χ3n) is 4.83. The summed E-state index contributed by atoms with van der Waals surface area (Å²) in [7, 11) is 1.58. The van der Waals surface area contributed by atoms with Crippen molar-refractivity contribution in [3.8, 4) is 5.75 Å². The van der Waals surface area contributed by atoms with E-state index >= 15 is 0 Å². The summed E-state index contributed by atoms with van der Waals surface area (Å²) in [4.78, 5) is 29.8. The molecule has 1 aliphatic heterocycles. The Morgan fingerprint density at radius 3 is 2.76 bits per heavy atom. The molecule has 2 amide bonds. The largest absolute Gasteiger partial charge is 0.497 e. The first-order valence-electron chi connectivity index (χ1n) is 9.48. The summed E-state index contributed by atoms with van der Waals surface area (Å²) in [5.74, 6) is 0.0976. The van der Waals surface area contributed by atoms with Crippen LogP contribution in [0.3, 0.4) is 0 Å². The van der Waals surface area contributed by atoms with Crippen molar-refractivity contribution in [2.24, 2.45) is 0 Å². The topological polar surface area (TPSA) is 94.0 Å². The molecule has 0 bridgehead atoms. The van der Waals surface area contributed by atoms with Gasteiger partial charge in [-0.1, -0.05) is 6.07 Å². The Bertz CT molecular complexity index is 1020. The predicted molar refractivity (Wildman–Crippen MR) is 107 cm³/mol. The van der Waals surface area contributed by atoms with Crippen LogP contribution >= 0.6 is 0 Å². The zero-order chi connectivity index (χ0) is 20.2. The van der Waals surface area contributed by atoms with Crippen LogP contribution in [0.5, 0.6) is 5.75 Å². The molecule has 3 aromatic rings. The van der Waals surface area contributed by atoms with Crippen LogP contribution in [0.15, 0.2) is 48.7 Å². The molecule has 2 aromatic heterocycles. The summed E-state index contributed by atoms with van der Waals surface area (Å²) in [5, 5.41) is 5.66. The van der Waals surface area contributed by atoms with E-state index in [9.17, 15) is 9.59 Å². The zero-order valence-corrected chi connectivity index (χ0v) is 16.1. The standard InChI is InChI=1S/C21H22N4O4/c1-28-15-9-7-14(8-10-15)23-21(27)19-24-18(17-6-2-3-11-25(17)19)20(26)22-13-16-5-4-12-29-16/h2-3,6-11,16H,4-5,12-13H2,1H3,(H,22,26)(H,23,27). The van der Waals surface area contributed by atoms with E-state index in [2.05, 4.69) is 15.6 Å². The maximum atomic E-state index is 12.8. The summed E-state index contributed by atoms with van der Waals surface area (Å²) in [6.07, 6.45) is 3.68. The Balaban J connectivity index is 1.55. The lowest BCUT2D eigenvalue weighted by molar-refractivity contribution is 0.0855. The van der Waals surface area contributed by atoms with E-state index in [0.717, 1.165) is 19.4 Å². The lowest BCUT2D eigenvalue weighted by atomic mass is 10.2. The molecule has 0 saturated carbocycles. The number of rotatable bonds is 6. The number of nitrogens with one attached hydrogen (secondary N) is 2. The van der Waals surface area contributed by atoms with Crippen molar-refractivity contribution in [1.82, 2.24) is 14.7 Å². The number of hydrogen-bond donors (Lipinski definition) is 2. The number of carbonyl (C=O) groups excluding carboxylic acids is 2. The minimum atomic E-state index is -0.408. The summed E-state index contributed by atoms with van der Waals surface area (Å²) in [6.45, 7) is 1.15. The fourth-order valence-corrected chi connectivity index (χ4v) is 3.32. The fraction of sp³-hybridized carbons (Fsp3) is 0.286. The van der Waals surface area contributed by atoms with Crippen molar-refractivity contribution >= 4 is 23.0 Å². The summed E-state index contributed by atoms with van der Waals surface area (Å²) >= 11 is 0. The number of hydrogen-bond acceptors (Lipinski definition) is 5. The van der Waals surface area contributed by atoms with Gasteiger partial charge in [0, 0.05) is 25.0 Å². The third-order valence-corrected chi connectivity index (χ3v) is 4.83. The molecule has 4 rings (SSSR count). The van der Waals surface area contributed by atoms with Crippen molar-refractivity contribution in [1.29, 1.82) is 0 Å². The smallest absolute Gasteiger partial charge is 0.292 e. The Kier molecular flexibility index (Phi) is 5.44. The maximum Gasteiger partial charge on any atom is 0.292 e. The van der Waals surface area contributed by atoms with Gasteiger partial charge in [-0.2, -0.15) is 0 Å². The Morgan fingerprint density at radius 1 is 1.21 bits per heavy atom. The van der Waals surface area contributed by atoms with Crippen molar-refractivity contribution < 1.29 is 19.1 Å². The van der Waals surface area contributed by atoms with Gasteiger partial charge < -0.3 is 20.1 Å². The molecule has 1 aromatic carbocycles. The molecule has 1 atom stereocenters. The number of amides is 2. The minimum Gasteiger partial charge on any atom is -0.497 e. The van der Waals surface area contributed by atoms with Crippen LogP contribution in [0.4, 0.5) is 5.69 Å². The molecule has 1 unspecified atom stereocenters. The number of imidazole rings is 1. The maximum absolute atomic E-state index is 12.8. The number of ether oxygens (including phenoxy) is 2. The van der Waals surface area contributed by atoms with E-state index in [-0.39, 0.29) is 23.5 Å². The van der Waals surface area contributed by atoms with Crippen molar-refractivity contribution in [2.75, 3.05) is 25.6 Å². The van der Waals surface area contributed by atoms with Gasteiger partial charge >= 0.3 is 0 Å². The van der Waals surface area contributed by atoms with Crippen LogP contribution in [0, 0.1) is 0 Å². The van der Waals surface area contributed by atoms with Gasteiger partial charge in [0.05, 0.1) is 18.7 Å². The van der Waals surface area contributed by atoms with E-state index in [4.69, 9.17) is 9.47 Å². The highest BCUT2D eigenvalue weighted by molar-refractivity contribution is 6.06. The Morgan fingerprint density at radius 2 is 2.03 bits per heavy atom. The second-order valence-corrected chi connectivity index (χ2v) is 6.77. The normalized spacial score (nSPS) is 16.0. The van der Waals surface area contributed by atoms with Gasteiger partial charge in [0.25, 0.3) is 11.8 Å². The minimum absolute atomic E-state index is 0.0330. The first-order valence-corrected chi connectivity index (χ1v) is 9.48. The molecular formula is C21H22N4O4. The number of fused-ring (bicyclic) bond motifs is 1. The van der Waals surface area contributed by atoms with Crippen LogP contribution in [0.1, 0.15) is 33.9 Å². The number of methoxy groups -OCH3 is 1. The molecule has 0 radical (unpaired) electrons. The molecular weight excluding hydrogens is 372 g/mol. The first-order chi connectivity index (χ1) is 14.2. The monoisotopic (exact) mass is 394 g/mol. The number of anilines is 1. The first kappa shape index (κ1) is 18.9. The van der Waals surface area contributed by atoms with Gasteiger partial charge in [0.2, 0.25) is 5.82 Å². The molecule has 1 aliphatic rings. The van der Waals surface area contributed by atoms with Gasteiger partial charge in [0.1, 0.15) is 5.75 Å². The number of aromatic nitrogens is 2. The molecule has 0 spiro atoms. The Hall–Kier alpha value is -3.39. The number of nitrogens with zero attached hydrogens (tertiary/aromatic N) is 2. The van der Waals surface area contributed by atoms with Crippen molar-refractivity contribution in [3.05, 3.63) is 60.2 Å². The predicted octanol–water partition coefficient (Wildman–Crippen LogP) is 2.50. The van der Waals surface area contributed by atoms with E-state index in [1.807, 2.05) is 0 Å². The quantitative estimate of drug-likeness (QED) is 0.670. The van der Waals surface area contributed by atoms with Gasteiger partial charge in [-0.05, 0) is 49.2 Å². The van der Waals surface area contributed by atoms with Gasteiger partial charge in [-0.15, -0.1) is 0 Å². The number of benzene rings is 1. The fourth-order valence-electron chi connectivity index (χ4n) is 3.32. The summed E-state index contributed by atoms with van der Waals surface area (Å²) in [6, 6.07) is 12.3. The number of pyridine rings is 1. The highest BCUT2D eigenvalue weighted by Gasteiger charge is 2.23. The SMILES string of the molecule is COc1ccc(NC(=O)c2nc(C(=O)NCC3CCCO3)c3ccccn23)cc1. The van der Waals surface area contributed by atoms with Crippen LogP contribution in [-0.4, -0.2) is 47.6 Å². The molecule has 29 heavy (non-hydrogen) atoms. The molecule has 3 heterocycles. The van der Waals surface area contributed by atoms with E-state index in [0.29, 0.717) is 23.5 Å². The molecule has 1 saturated heterocycles. The van der Waals surface area contributed by atoms with E-state index < -0.39 is 5.91 Å². The van der Waals surface area contributed by atoms with Crippen LogP contribution in [-0.2, 0) is 4.74 Å². The molecule has 150 valence electrons. The highest BCUT2D eigenvalue weighted by Crippen LogP contribution is 2.18. The average molecular weight is 394 g/mol. The van der Waals surface area contributed by atoms with Gasteiger partial charge in [0.15, 0.2) is 5.69 Å². The summed E-state index contributed by atoms with van der Waals surface area (Å²) in [5.41, 5.74) is 1.38. The lowest BCUT2D eigenvalue weighted by Crippen LogP contribution is -2.32. The molecule has 1 fully saturated rings. The molecule has 8 heteroatoms. The third kappa shape index (κ3) is 4.07. The molecule has 8 nitrogen and oxygen atoms in total.